The first kappa shape index (κ1) is 20.5. The van der Waals surface area contributed by atoms with E-state index in [1.165, 1.54) is 85.6 Å². The van der Waals surface area contributed by atoms with Gasteiger partial charge in [0.2, 0.25) is 0 Å². The van der Waals surface area contributed by atoms with E-state index in [2.05, 4.69) is 30.9 Å². The molecule has 4 nitrogen and oxygen atoms in total. The Morgan fingerprint density at radius 3 is 2.31 bits per heavy atom. The van der Waals surface area contributed by atoms with Crippen LogP contribution in [0.3, 0.4) is 0 Å². The normalized spacial score (nSPS) is 25.1. The summed E-state index contributed by atoms with van der Waals surface area (Å²) in [5.41, 5.74) is 14.6. The SMILES string of the molecule is CC1c2cc(C=O)oc2C2CCC1C2.NS.Nc1c2c(cc3c1CCC3)CCC2. The molecule has 0 saturated heterocycles. The Bertz CT molecular complexity index is 859. The third kappa shape index (κ3) is 3.64. The molecule has 3 atom stereocenters. The number of aldehydes is 1. The maximum Gasteiger partial charge on any atom is 0.185 e. The van der Waals surface area contributed by atoms with Gasteiger partial charge in [-0.1, -0.05) is 13.0 Å². The second-order valence-electron chi connectivity index (χ2n) is 8.92. The van der Waals surface area contributed by atoms with Crippen LogP contribution in [0.2, 0.25) is 0 Å². The van der Waals surface area contributed by atoms with Gasteiger partial charge < -0.3 is 10.2 Å². The number of furan rings is 1. The van der Waals surface area contributed by atoms with Gasteiger partial charge in [0.15, 0.2) is 12.0 Å². The fraction of sp³-hybridized carbons (Fsp3) is 0.542. The molecule has 1 aromatic heterocycles. The van der Waals surface area contributed by atoms with Crippen LogP contribution in [0.5, 0.6) is 0 Å². The van der Waals surface area contributed by atoms with Crippen molar-refractivity contribution in [3.8, 4) is 0 Å². The quantitative estimate of drug-likeness (QED) is 0.344. The molecule has 0 aliphatic heterocycles. The molecule has 0 radical (unpaired) electrons. The summed E-state index contributed by atoms with van der Waals surface area (Å²) in [6.45, 7) is 2.26. The molecule has 0 spiro atoms. The minimum absolute atomic E-state index is 0.509. The number of thiol groups is 1. The van der Waals surface area contributed by atoms with Gasteiger partial charge in [0.1, 0.15) is 5.76 Å². The Balaban J connectivity index is 0.000000131. The minimum Gasteiger partial charge on any atom is -0.458 e. The van der Waals surface area contributed by atoms with Crippen molar-refractivity contribution >= 4 is 24.8 Å². The number of carbonyl (C=O) groups excluding carboxylic acids is 1. The Morgan fingerprint density at radius 2 is 1.69 bits per heavy atom. The number of hydrogen-bond acceptors (Lipinski definition) is 5. The summed E-state index contributed by atoms with van der Waals surface area (Å²) >= 11 is 3.03. The van der Waals surface area contributed by atoms with E-state index in [1.54, 1.807) is 0 Å². The first-order valence-electron chi connectivity index (χ1n) is 10.9. The molecule has 0 amide bonds. The topological polar surface area (TPSA) is 82.2 Å². The van der Waals surface area contributed by atoms with Crippen LogP contribution in [0.1, 0.15) is 95.0 Å². The predicted octanol–water partition coefficient (Wildman–Crippen LogP) is 5.13. The van der Waals surface area contributed by atoms with Gasteiger partial charge in [0.05, 0.1) is 0 Å². The smallest absolute Gasteiger partial charge is 0.185 e. The number of carbonyl (C=O) groups is 1. The molecule has 5 heteroatoms. The number of aryl methyl sites for hydroxylation is 2. The van der Waals surface area contributed by atoms with E-state index in [0.29, 0.717) is 17.6 Å². The van der Waals surface area contributed by atoms with Gasteiger partial charge in [-0.25, -0.2) is 0 Å². The number of nitrogens with two attached hydrogens (primary N) is 2. The van der Waals surface area contributed by atoms with Crippen molar-refractivity contribution in [2.45, 2.75) is 76.5 Å². The van der Waals surface area contributed by atoms with E-state index in [0.717, 1.165) is 23.7 Å². The summed E-state index contributed by atoms with van der Waals surface area (Å²) in [5, 5.41) is 4.19. The predicted molar refractivity (Wildman–Crippen MR) is 121 cm³/mol. The molecule has 6 rings (SSSR count). The van der Waals surface area contributed by atoms with Crippen LogP contribution in [-0.4, -0.2) is 6.29 Å². The summed E-state index contributed by atoms with van der Waals surface area (Å²) in [4.78, 5) is 10.6. The number of rotatable bonds is 1. The van der Waals surface area contributed by atoms with Crippen LogP contribution in [0.25, 0.3) is 0 Å². The molecule has 4 N–H and O–H groups in total. The average Bonchev–Trinajstić information content (AvgIpc) is 3.54. The maximum absolute atomic E-state index is 10.6. The molecule has 1 fully saturated rings. The second kappa shape index (κ2) is 8.57. The lowest BCUT2D eigenvalue weighted by atomic mass is 9.80. The molecule has 1 aromatic carbocycles. The number of hydrogen-bond donors (Lipinski definition) is 3. The van der Waals surface area contributed by atoms with E-state index in [1.807, 2.05) is 6.07 Å². The van der Waals surface area contributed by atoms with Crippen LogP contribution < -0.4 is 10.9 Å². The summed E-state index contributed by atoms with van der Waals surface area (Å²) in [6.07, 6.45) is 12.2. The first-order valence-corrected chi connectivity index (χ1v) is 11.4. The van der Waals surface area contributed by atoms with Crippen LogP contribution in [0.4, 0.5) is 5.69 Å². The van der Waals surface area contributed by atoms with Crippen molar-refractivity contribution in [2.75, 3.05) is 5.73 Å². The van der Waals surface area contributed by atoms with E-state index in [4.69, 9.17) is 10.2 Å². The van der Waals surface area contributed by atoms with Crippen LogP contribution >= 0.6 is 12.8 Å². The minimum atomic E-state index is 0.509. The molecule has 29 heavy (non-hydrogen) atoms. The summed E-state index contributed by atoms with van der Waals surface area (Å²) in [7, 11) is 0. The highest BCUT2D eigenvalue weighted by atomic mass is 32.1. The molecule has 156 valence electrons. The summed E-state index contributed by atoms with van der Waals surface area (Å²) in [6, 6.07) is 4.36. The van der Waals surface area contributed by atoms with Gasteiger partial charge in [-0.2, -0.15) is 0 Å². The Kier molecular flexibility index (Phi) is 6.07. The Morgan fingerprint density at radius 1 is 1.03 bits per heavy atom. The molecule has 1 heterocycles. The average molecular weight is 413 g/mol. The lowest BCUT2D eigenvalue weighted by Gasteiger charge is -2.24. The van der Waals surface area contributed by atoms with Crippen LogP contribution in [-0.2, 0) is 25.7 Å². The number of fused-ring (bicyclic) bond motifs is 6. The first-order chi connectivity index (χ1) is 14.2. The molecule has 4 aliphatic carbocycles. The molecule has 2 bridgehead atoms. The maximum atomic E-state index is 10.6. The number of anilines is 1. The fourth-order valence-corrected chi connectivity index (χ4v) is 6.00. The van der Waals surface area contributed by atoms with E-state index >= 15 is 0 Å². The van der Waals surface area contributed by atoms with Gasteiger partial charge in [0.25, 0.3) is 0 Å². The monoisotopic (exact) mass is 412 g/mol. The van der Waals surface area contributed by atoms with Crippen molar-refractivity contribution in [1.29, 1.82) is 0 Å². The zero-order valence-corrected chi connectivity index (χ0v) is 18.1. The van der Waals surface area contributed by atoms with Crippen molar-refractivity contribution < 1.29 is 9.21 Å². The van der Waals surface area contributed by atoms with Crippen LogP contribution in [0, 0.1) is 5.92 Å². The van der Waals surface area contributed by atoms with E-state index in [-0.39, 0.29) is 0 Å². The summed E-state index contributed by atoms with van der Waals surface area (Å²) < 4.78 is 5.59. The van der Waals surface area contributed by atoms with Gasteiger partial charge in [-0.3, -0.25) is 9.93 Å². The highest BCUT2D eigenvalue weighted by molar-refractivity contribution is 7.77. The lowest BCUT2D eigenvalue weighted by Crippen LogP contribution is -2.12. The van der Waals surface area contributed by atoms with Crippen LogP contribution in [0.15, 0.2) is 16.5 Å². The third-order valence-corrected chi connectivity index (χ3v) is 7.49. The Hall–Kier alpha value is -1.72. The van der Waals surface area contributed by atoms with Crippen molar-refractivity contribution in [3.05, 3.63) is 51.5 Å². The molecular weight excluding hydrogens is 380 g/mol. The van der Waals surface area contributed by atoms with E-state index < -0.39 is 0 Å². The molecule has 3 unspecified atom stereocenters. The Labute approximate surface area is 179 Å². The third-order valence-electron chi connectivity index (χ3n) is 7.49. The van der Waals surface area contributed by atoms with Gasteiger partial charge >= 0.3 is 0 Å². The zero-order valence-electron chi connectivity index (χ0n) is 17.2. The van der Waals surface area contributed by atoms with E-state index in [9.17, 15) is 4.79 Å². The molecule has 1 saturated carbocycles. The largest absolute Gasteiger partial charge is 0.458 e. The number of benzene rings is 1. The summed E-state index contributed by atoms with van der Waals surface area (Å²) in [5.74, 6) is 3.62. The highest BCUT2D eigenvalue weighted by Crippen LogP contribution is 2.52. The number of nitrogen functional groups attached to an aromatic ring is 1. The van der Waals surface area contributed by atoms with Gasteiger partial charge in [-0.05, 0) is 104 Å². The van der Waals surface area contributed by atoms with Crippen molar-refractivity contribution in [3.63, 3.8) is 0 Å². The van der Waals surface area contributed by atoms with Gasteiger partial charge in [0, 0.05) is 11.6 Å². The van der Waals surface area contributed by atoms with Gasteiger partial charge in [-0.15, -0.1) is 12.8 Å². The van der Waals surface area contributed by atoms with Crippen molar-refractivity contribution in [2.24, 2.45) is 11.1 Å². The molecular formula is C24H32N2O2S. The molecule has 2 aromatic rings. The lowest BCUT2D eigenvalue weighted by molar-refractivity contribution is 0.109. The fourth-order valence-electron chi connectivity index (χ4n) is 6.00. The standard InChI is InChI=1S/C12H15N.C12H14O2.H3NS/c13-12-10-5-1-3-8(10)7-9-4-2-6-11(9)12;1-7-8-2-3-9(4-8)12-11(7)5-10(6-13)14-12;1-2/h7H,1-6,13H2;5-9H,2-4H2,1H3;2H,1H2. The molecule has 4 aliphatic rings. The highest BCUT2D eigenvalue weighted by Gasteiger charge is 2.40. The van der Waals surface area contributed by atoms with Crippen molar-refractivity contribution in [1.82, 2.24) is 0 Å². The second-order valence-corrected chi connectivity index (χ2v) is 8.92. The zero-order chi connectivity index (χ0) is 20.5.